The standard InChI is InChI=1S/C16H26N4S/c1-5-8-17-15(16-11-18-13(4)21-16)10-14-7-9-20(19-14)12(3)6-2/h7,9,11-12,15,17H,5-6,8,10H2,1-4H3. The average Bonchev–Trinajstić information content (AvgIpc) is 3.11. The molecule has 2 aromatic heterocycles. The maximum Gasteiger partial charge on any atom is 0.0897 e. The van der Waals surface area contributed by atoms with Crippen molar-refractivity contribution in [1.29, 1.82) is 0 Å². The average molecular weight is 306 g/mol. The highest BCUT2D eigenvalue weighted by Crippen LogP contribution is 2.24. The van der Waals surface area contributed by atoms with Crippen LogP contribution < -0.4 is 5.32 Å². The van der Waals surface area contributed by atoms with Gasteiger partial charge in [-0.05, 0) is 39.3 Å². The van der Waals surface area contributed by atoms with Gasteiger partial charge in [-0.15, -0.1) is 11.3 Å². The van der Waals surface area contributed by atoms with Crippen LogP contribution in [0.5, 0.6) is 0 Å². The summed E-state index contributed by atoms with van der Waals surface area (Å²) in [6, 6.07) is 2.92. The van der Waals surface area contributed by atoms with Crippen LogP contribution in [0.2, 0.25) is 0 Å². The van der Waals surface area contributed by atoms with Crippen LogP contribution >= 0.6 is 11.3 Å². The normalized spacial score (nSPS) is 14.3. The summed E-state index contributed by atoms with van der Waals surface area (Å²) in [4.78, 5) is 5.69. The number of nitrogens with zero attached hydrogens (tertiary/aromatic N) is 3. The fraction of sp³-hybridized carbons (Fsp3) is 0.625. The third-order valence-electron chi connectivity index (χ3n) is 3.74. The van der Waals surface area contributed by atoms with Crippen molar-refractivity contribution in [3.8, 4) is 0 Å². The van der Waals surface area contributed by atoms with E-state index in [1.54, 1.807) is 11.3 Å². The van der Waals surface area contributed by atoms with Crippen molar-refractivity contribution in [2.75, 3.05) is 6.54 Å². The van der Waals surface area contributed by atoms with Gasteiger partial charge >= 0.3 is 0 Å². The molecule has 4 nitrogen and oxygen atoms in total. The molecule has 2 heterocycles. The van der Waals surface area contributed by atoms with Crippen molar-refractivity contribution >= 4 is 11.3 Å². The Kier molecular flexibility index (Phi) is 5.94. The zero-order valence-electron chi connectivity index (χ0n) is 13.5. The van der Waals surface area contributed by atoms with Gasteiger partial charge in [0.2, 0.25) is 0 Å². The second-order valence-corrected chi connectivity index (χ2v) is 6.80. The Hall–Kier alpha value is -1.20. The number of hydrogen-bond acceptors (Lipinski definition) is 4. The quantitative estimate of drug-likeness (QED) is 0.804. The molecule has 0 aliphatic rings. The lowest BCUT2D eigenvalue weighted by Crippen LogP contribution is -2.23. The van der Waals surface area contributed by atoms with E-state index in [4.69, 9.17) is 5.10 Å². The smallest absolute Gasteiger partial charge is 0.0897 e. The molecule has 0 aromatic carbocycles. The van der Waals surface area contributed by atoms with Gasteiger partial charge in [0.15, 0.2) is 0 Å². The first-order chi connectivity index (χ1) is 10.1. The number of aryl methyl sites for hydroxylation is 1. The number of aromatic nitrogens is 3. The van der Waals surface area contributed by atoms with Crippen molar-refractivity contribution in [3.05, 3.63) is 34.0 Å². The van der Waals surface area contributed by atoms with E-state index in [0.717, 1.165) is 36.5 Å². The second-order valence-electron chi connectivity index (χ2n) is 5.54. The second kappa shape index (κ2) is 7.71. The van der Waals surface area contributed by atoms with E-state index in [1.807, 2.05) is 6.20 Å². The highest BCUT2D eigenvalue weighted by atomic mass is 32.1. The first-order valence-electron chi connectivity index (χ1n) is 7.83. The molecule has 0 spiro atoms. The van der Waals surface area contributed by atoms with Crippen LogP contribution in [-0.4, -0.2) is 21.3 Å². The summed E-state index contributed by atoms with van der Waals surface area (Å²) in [5.74, 6) is 0. The van der Waals surface area contributed by atoms with Crippen LogP contribution in [0.25, 0.3) is 0 Å². The van der Waals surface area contributed by atoms with Crippen LogP contribution in [0, 0.1) is 6.92 Å². The van der Waals surface area contributed by atoms with Gasteiger partial charge in [0.25, 0.3) is 0 Å². The Morgan fingerprint density at radius 3 is 2.81 bits per heavy atom. The van der Waals surface area contributed by atoms with Crippen molar-refractivity contribution in [1.82, 2.24) is 20.1 Å². The van der Waals surface area contributed by atoms with E-state index in [9.17, 15) is 0 Å². The predicted molar refractivity (Wildman–Crippen MR) is 88.8 cm³/mol. The minimum atomic E-state index is 0.316. The fourth-order valence-corrected chi connectivity index (χ4v) is 3.12. The van der Waals surface area contributed by atoms with Crippen LogP contribution in [0.1, 0.15) is 61.3 Å². The summed E-state index contributed by atoms with van der Waals surface area (Å²) >= 11 is 1.77. The number of thiazole rings is 1. The number of rotatable bonds is 8. The molecule has 0 saturated heterocycles. The number of hydrogen-bond donors (Lipinski definition) is 1. The minimum absolute atomic E-state index is 0.316. The zero-order valence-corrected chi connectivity index (χ0v) is 14.3. The summed E-state index contributed by atoms with van der Waals surface area (Å²) in [7, 11) is 0. The summed E-state index contributed by atoms with van der Waals surface area (Å²) in [5, 5.41) is 9.47. The highest BCUT2D eigenvalue weighted by molar-refractivity contribution is 7.11. The minimum Gasteiger partial charge on any atom is -0.309 e. The van der Waals surface area contributed by atoms with Crippen LogP contribution in [-0.2, 0) is 6.42 Å². The van der Waals surface area contributed by atoms with E-state index in [-0.39, 0.29) is 0 Å². The van der Waals surface area contributed by atoms with Gasteiger partial charge in [0, 0.05) is 35.8 Å². The molecule has 0 aliphatic carbocycles. The summed E-state index contributed by atoms with van der Waals surface area (Å²) in [6.07, 6.45) is 7.25. The molecule has 0 radical (unpaired) electrons. The van der Waals surface area contributed by atoms with Gasteiger partial charge in [-0.25, -0.2) is 4.98 Å². The first-order valence-corrected chi connectivity index (χ1v) is 8.65. The lowest BCUT2D eigenvalue weighted by molar-refractivity contribution is 0.466. The van der Waals surface area contributed by atoms with E-state index < -0.39 is 0 Å². The Morgan fingerprint density at radius 2 is 2.19 bits per heavy atom. The Labute approximate surface area is 131 Å². The van der Waals surface area contributed by atoms with Gasteiger partial charge in [0.05, 0.1) is 10.7 Å². The molecule has 0 aliphatic heterocycles. The molecule has 0 amide bonds. The Morgan fingerprint density at radius 1 is 1.38 bits per heavy atom. The van der Waals surface area contributed by atoms with Crippen molar-refractivity contribution in [3.63, 3.8) is 0 Å². The van der Waals surface area contributed by atoms with Gasteiger partial charge in [0.1, 0.15) is 0 Å². The molecule has 0 saturated carbocycles. The molecule has 2 unspecified atom stereocenters. The molecule has 116 valence electrons. The summed E-state index contributed by atoms with van der Waals surface area (Å²) < 4.78 is 2.07. The topological polar surface area (TPSA) is 42.7 Å². The third kappa shape index (κ3) is 4.38. The molecular formula is C16H26N4S. The van der Waals surface area contributed by atoms with Gasteiger partial charge in [-0.3, -0.25) is 4.68 Å². The predicted octanol–water partition coefficient (Wildman–Crippen LogP) is 3.90. The molecule has 21 heavy (non-hydrogen) atoms. The largest absolute Gasteiger partial charge is 0.309 e. The van der Waals surface area contributed by atoms with E-state index >= 15 is 0 Å². The maximum absolute atomic E-state index is 4.72. The van der Waals surface area contributed by atoms with Crippen molar-refractivity contribution in [2.24, 2.45) is 0 Å². The van der Waals surface area contributed by atoms with E-state index in [1.165, 1.54) is 4.88 Å². The van der Waals surface area contributed by atoms with Crippen LogP contribution in [0.15, 0.2) is 18.5 Å². The molecule has 5 heteroatoms. The van der Waals surface area contributed by atoms with Crippen LogP contribution in [0.3, 0.4) is 0 Å². The SMILES string of the molecule is CCCNC(Cc1ccn(C(C)CC)n1)c1cnc(C)s1. The zero-order chi connectivity index (χ0) is 15.2. The van der Waals surface area contributed by atoms with E-state index in [0.29, 0.717) is 12.1 Å². The maximum atomic E-state index is 4.72. The molecule has 2 rings (SSSR count). The highest BCUT2D eigenvalue weighted by Gasteiger charge is 2.16. The number of nitrogens with one attached hydrogen (secondary N) is 1. The lowest BCUT2D eigenvalue weighted by atomic mass is 10.1. The Balaban J connectivity index is 2.09. The molecule has 0 bridgehead atoms. The summed E-state index contributed by atoms with van der Waals surface area (Å²) in [5.41, 5.74) is 1.15. The molecule has 2 aromatic rings. The van der Waals surface area contributed by atoms with E-state index in [2.05, 4.69) is 54.9 Å². The van der Waals surface area contributed by atoms with Gasteiger partial charge in [-0.1, -0.05) is 13.8 Å². The lowest BCUT2D eigenvalue weighted by Gasteiger charge is -2.15. The monoisotopic (exact) mass is 306 g/mol. The Bertz CT molecular complexity index is 546. The summed E-state index contributed by atoms with van der Waals surface area (Å²) in [6.45, 7) is 9.67. The van der Waals surface area contributed by atoms with Crippen LogP contribution in [0.4, 0.5) is 0 Å². The van der Waals surface area contributed by atoms with Crippen molar-refractivity contribution in [2.45, 2.75) is 59.0 Å². The van der Waals surface area contributed by atoms with Gasteiger partial charge in [-0.2, -0.15) is 5.10 Å². The fourth-order valence-electron chi connectivity index (χ4n) is 2.26. The molecular weight excluding hydrogens is 280 g/mol. The molecule has 1 N–H and O–H groups in total. The molecule has 2 atom stereocenters. The van der Waals surface area contributed by atoms with Crippen molar-refractivity contribution < 1.29 is 0 Å². The van der Waals surface area contributed by atoms with Gasteiger partial charge < -0.3 is 5.32 Å². The molecule has 0 fully saturated rings. The first kappa shape index (κ1) is 16.2. The third-order valence-corrected chi connectivity index (χ3v) is 4.77.